The van der Waals surface area contributed by atoms with Gasteiger partial charge >= 0.3 is 0 Å². The molecule has 0 bridgehead atoms. The van der Waals surface area contributed by atoms with Gasteiger partial charge in [0.1, 0.15) is 0 Å². The van der Waals surface area contributed by atoms with Crippen molar-refractivity contribution in [1.82, 2.24) is 9.71 Å². The molecule has 7 heteroatoms. The predicted octanol–water partition coefficient (Wildman–Crippen LogP) is 3.21. The SMILES string of the molecule is CC(C)c1ccc(S(=O)(=O)NC2CCN(c3nccs3)CC2)cc1. The maximum Gasteiger partial charge on any atom is 0.240 e. The van der Waals surface area contributed by atoms with Gasteiger partial charge < -0.3 is 4.90 Å². The van der Waals surface area contributed by atoms with Crippen LogP contribution in [0.5, 0.6) is 0 Å². The summed E-state index contributed by atoms with van der Waals surface area (Å²) in [6, 6.07) is 7.16. The van der Waals surface area contributed by atoms with Crippen molar-refractivity contribution in [2.45, 2.75) is 43.5 Å². The minimum Gasteiger partial charge on any atom is -0.348 e. The van der Waals surface area contributed by atoms with Gasteiger partial charge in [-0.15, -0.1) is 11.3 Å². The average Bonchev–Trinajstić information content (AvgIpc) is 3.10. The van der Waals surface area contributed by atoms with Gasteiger partial charge in [-0.3, -0.25) is 0 Å². The molecule has 0 aliphatic carbocycles. The first-order valence-corrected chi connectivity index (χ1v) is 10.6. The Hall–Kier alpha value is -1.44. The number of thiazole rings is 1. The molecule has 5 nitrogen and oxygen atoms in total. The zero-order valence-corrected chi connectivity index (χ0v) is 15.6. The van der Waals surface area contributed by atoms with Crippen LogP contribution in [-0.4, -0.2) is 32.5 Å². The Morgan fingerprint density at radius 1 is 1.21 bits per heavy atom. The van der Waals surface area contributed by atoms with Crippen molar-refractivity contribution < 1.29 is 8.42 Å². The second kappa shape index (κ2) is 7.21. The summed E-state index contributed by atoms with van der Waals surface area (Å²) in [6.07, 6.45) is 3.39. The number of nitrogens with one attached hydrogen (secondary N) is 1. The molecule has 2 heterocycles. The molecule has 24 heavy (non-hydrogen) atoms. The van der Waals surface area contributed by atoms with Crippen molar-refractivity contribution in [2.24, 2.45) is 0 Å². The van der Waals surface area contributed by atoms with Crippen molar-refractivity contribution in [3.63, 3.8) is 0 Å². The third-order valence-electron chi connectivity index (χ3n) is 4.36. The number of piperidine rings is 1. The van der Waals surface area contributed by atoms with Gasteiger partial charge in [0.15, 0.2) is 5.13 Å². The fourth-order valence-electron chi connectivity index (χ4n) is 2.88. The van der Waals surface area contributed by atoms with Crippen molar-refractivity contribution >= 4 is 26.5 Å². The second-order valence-electron chi connectivity index (χ2n) is 6.42. The van der Waals surface area contributed by atoms with E-state index in [1.807, 2.05) is 17.5 Å². The smallest absolute Gasteiger partial charge is 0.240 e. The molecule has 0 unspecified atom stereocenters. The number of hydrogen-bond donors (Lipinski definition) is 1. The van der Waals surface area contributed by atoms with E-state index < -0.39 is 10.0 Å². The van der Waals surface area contributed by atoms with Gasteiger partial charge in [-0.05, 0) is 36.5 Å². The molecule has 2 aromatic rings. The predicted molar refractivity (Wildman–Crippen MR) is 98.2 cm³/mol. The molecule has 1 aromatic carbocycles. The van der Waals surface area contributed by atoms with Gasteiger partial charge in [-0.25, -0.2) is 18.1 Å². The lowest BCUT2D eigenvalue weighted by molar-refractivity contribution is 0.460. The third kappa shape index (κ3) is 3.96. The molecule has 1 N–H and O–H groups in total. The Morgan fingerprint density at radius 2 is 1.88 bits per heavy atom. The molecular weight excluding hydrogens is 342 g/mol. The zero-order valence-electron chi connectivity index (χ0n) is 14.0. The van der Waals surface area contributed by atoms with Crippen molar-refractivity contribution in [1.29, 1.82) is 0 Å². The normalized spacial score (nSPS) is 16.7. The zero-order chi connectivity index (χ0) is 17.2. The summed E-state index contributed by atoms with van der Waals surface area (Å²) >= 11 is 1.62. The number of hydrogen-bond acceptors (Lipinski definition) is 5. The third-order valence-corrected chi connectivity index (χ3v) is 6.73. The lowest BCUT2D eigenvalue weighted by Crippen LogP contribution is -2.44. The number of benzene rings is 1. The van der Waals surface area contributed by atoms with E-state index in [1.54, 1.807) is 29.7 Å². The van der Waals surface area contributed by atoms with E-state index in [4.69, 9.17) is 0 Å². The van der Waals surface area contributed by atoms with E-state index in [1.165, 1.54) is 0 Å². The van der Waals surface area contributed by atoms with E-state index >= 15 is 0 Å². The number of nitrogens with zero attached hydrogens (tertiary/aromatic N) is 2. The van der Waals surface area contributed by atoms with E-state index in [2.05, 4.69) is 28.5 Å². The van der Waals surface area contributed by atoms with E-state index in [0.29, 0.717) is 10.8 Å². The number of rotatable bonds is 5. The fourth-order valence-corrected chi connectivity index (χ4v) is 4.88. The molecule has 1 fully saturated rings. The van der Waals surface area contributed by atoms with Crippen LogP contribution >= 0.6 is 11.3 Å². The van der Waals surface area contributed by atoms with Crippen LogP contribution in [0, 0.1) is 0 Å². The average molecular weight is 366 g/mol. The van der Waals surface area contributed by atoms with Crippen LogP contribution in [0.1, 0.15) is 38.2 Å². The van der Waals surface area contributed by atoms with Gasteiger partial charge in [-0.1, -0.05) is 26.0 Å². The summed E-state index contributed by atoms with van der Waals surface area (Å²) in [6.45, 7) is 5.84. The van der Waals surface area contributed by atoms with Gasteiger partial charge in [0, 0.05) is 30.7 Å². The van der Waals surface area contributed by atoms with Crippen LogP contribution in [0.3, 0.4) is 0 Å². The minimum atomic E-state index is -3.46. The lowest BCUT2D eigenvalue weighted by atomic mass is 10.0. The molecule has 1 saturated heterocycles. The Kier molecular flexibility index (Phi) is 5.22. The molecule has 3 rings (SSSR count). The first-order valence-electron chi connectivity index (χ1n) is 8.22. The highest BCUT2D eigenvalue weighted by Crippen LogP contribution is 2.23. The van der Waals surface area contributed by atoms with Crippen LogP contribution in [0.2, 0.25) is 0 Å². The molecule has 0 amide bonds. The van der Waals surface area contributed by atoms with Gasteiger partial charge in [0.05, 0.1) is 4.90 Å². The molecule has 1 aromatic heterocycles. The van der Waals surface area contributed by atoms with Crippen LogP contribution in [0.15, 0.2) is 40.7 Å². The van der Waals surface area contributed by atoms with E-state index in [-0.39, 0.29) is 6.04 Å². The first-order chi connectivity index (χ1) is 11.5. The number of anilines is 1. The Morgan fingerprint density at radius 3 is 2.42 bits per heavy atom. The fraction of sp³-hybridized carbons (Fsp3) is 0.471. The van der Waals surface area contributed by atoms with Crippen molar-refractivity contribution in [3.05, 3.63) is 41.4 Å². The quantitative estimate of drug-likeness (QED) is 0.884. The summed E-state index contributed by atoms with van der Waals surface area (Å²) < 4.78 is 28.0. The summed E-state index contributed by atoms with van der Waals surface area (Å²) in [5.74, 6) is 0.393. The molecule has 0 atom stereocenters. The topological polar surface area (TPSA) is 62.3 Å². The van der Waals surface area contributed by atoms with Crippen LogP contribution in [0.4, 0.5) is 5.13 Å². The van der Waals surface area contributed by atoms with Crippen LogP contribution < -0.4 is 9.62 Å². The van der Waals surface area contributed by atoms with Crippen molar-refractivity contribution in [2.75, 3.05) is 18.0 Å². The lowest BCUT2D eigenvalue weighted by Gasteiger charge is -2.31. The van der Waals surface area contributed by atoms with Crippen LogP contribution in [-0.2, 0) is 10.0 Å². The monoisotopic (exact) mass is 365 g/mol. The standard InChI is InChI=1S/C17H23N3O2S2/c1-13(2)14-3-5-16(6-4-14)24(21,22)19-15-7-10-20(11-8-15)17-18-9-12-23-17/h3-6,9,12-13,15,19H,7-8,10-11H2,1-2H3. The molecule has 1 aliphatic rings. The van der Waals surface area contributed by atoms with Gasteiger partial charge in [0.25, 0.3) is 0 Å². The molecule has 1 aliphatic heterocycles. The second-order valence-corrected chi connectivity index (χ2v) is 9.01. The molecule has 0 radical (unpaired) electrons. The maximum atomic E-state index is 12.6. The van der Waals surface area contributed by atoms with Gasteiger partial charge in [-0.2, -0.15) is 0 Å². The van der Waals surface area contributed by atoms with E-state index in [9.17, 15) is 8.42 Å². The first kappa shape index (κ1) is 17.4. The highest BCUT2D eigenvalue weighted by Gasteiger charge is 2.25. The summed E-state index contributed by atoms with van der Waals surface area (Å²) in [5, 5.41) is 2.98. The Bertz CT molecular complexity index is 748. The molecule has 0 saturated carbocycles. The number of sulfonamides is 1. The Balaban J connectivity index is 1.61. The van der Waals surface area contributed by atoms with E-state index in [0.717, 1.165) is 36.6 Å². The highest BCUT2D eigenvalue weighted by molar-refractivity contribution is 7.89. The van der Waals surface area contributed by atoms with Crippen molar-refractivity contribution in [3.8, 4) is 0 Å². The Labute approximate surface area is 147 Å². The summed E-state index contributed by atoms with van der Waals surface area (Å²) in [7, 11) is -3.46. The van der Waals surface area contributed by atoms with Crippen LogP contribution in [0.25, 0.3) is 0 Å². The summed E-state index contributed by atoms with van der Waals surface area (Å²) in [4.78, 5) is 6.87. The molecular formula is C17H23N3O2S2. The van der Waals surface area contributed by atoms with Gasteiger partial charge in [0.2, 0.25) is 10.0 Å². The largest absolute Gasteiger partial charge is 0.348 e. The maximum absolute atomic E-state index is 12.6. The summed E-state index contributed by atoms with van der Waals surface area (Å²) in [5.41, 5.74) is 1.14. The molecule has 130 valence electrons. The minimum absolute atomic E-state index is 0.0176. The number of aromatic nitrogens is 1. The highest BCUT2D eigenvalue weighted by atomic mass is 32.2. The molecule has 0 spiro atoms.